The first-order chi connectivity index (χ1) is 11.8. The lowest BCUT2D eigenvalue weighted by molar-refractivity contribution is -0.440. The summed E-state index contributed by atoms with van der Waals surface area (Å²) in [4.78, 5) is 0. The molecule has 0 bridgehead atoms. The van der Waals surface area contributed by atoms with Crippen molar-refractivity contribution in [2.75, 3.05) is 17.6 Å². The lowest BCUT2D eigenvalue weighted by atomic mass is 9.85. The zero-order valence-corrected chi connectivity index (χ0v) is 14.8. The van der Waals surface area contributed by atoms with Gasteiger partial charge >= 0.3 is 35.8 Å². The molecule has 0 saturated carbocycles. The third-order valence-corrected chi connectivity index (χ3v) is 5.18. The van der Waals surface area contributed by atoms with Gasteiger partial charge in [-0.3, -0.25) is 0 Å². The Labute approximate surface area is 156 Å². The van der Waals surface area contributed by atoms with E-state index in [1.165, 1.54) is 0 Å². The highest BCUT2D eigenvalue weighted by Gasteiger charge is 2.90. The van der Waals surface area contributed by atoms with E-state index in [0.29, 0.717) is 0 Å². The third kappa shape index (κ3) is 3.82. The van der Waals surface area contributed by atoms with E-state index in [0.717, 1.165) is 0 Å². The molecule has 1 rings (SSSR count). The van der Waals surface area contributed by atoms with E-state index in [-0.39, 0.29) is 11.0 Å². The fraction of sp³-hybridized carbons (Fsp3) is 1.00. The Kier molecular flexibility index (Phi) is 6.65. The molecular formula is C12H10F13IO. The fourth-order valence-electron chi connectivity index (χ4n) is 2.30. The predicted molar refractivity (Wildman–Crippen MR) is 72.1 cm³/mol. The van der Waals surface area contributed by atoms with Gasteiger partial charge in [0.25, 0.3) is 0 Å². The molecule has 0 radical (unpaired) electrons. The lowest BCUT2D eigenvalue weighted by Crippen LogP contribution is -2.70. The highest BCUT2D eigenvalue weighted by Crippen LogP contribution is 2.61. The van der Waals surface area contributed by atoms with Crippen LogP contribution < -0.4 is 0 Å². The molecule has 2 atom stereocenters. The summed E-state index contributed by atoms with van der Waals surface area (Å²) in [5.74, 6) is -38.9. The van der Waals surface area contributed by atoms with E-state index in [1.54, 1.807) is 22.6 Å². The zero-order chi connectivity index (χ0) is 21.7. The molecule has 27 heavy (non-hydrogen) atoms. The standard InChI is InChI=1S/C12H10F13IO/c13-7(14,1-5-3-27-4-6(5)2-26)8(15,16)9(17,18)10(19,20)11(21,22)12(23,24)25/h5-6H,1-4H2/t5-,6+/m1/s1. The van der Waals surface area contributed by atoms with E-state index < -0.39 is 60.7 Å². The first kappa shape index (κ1) is 24.8. The van der Waals surface area contributed by atoms with Crippen molar-refractivity contribution in [1.29, 1.82) is 0 Å². The molecule has 0 amide bonds. The average molecular weight is 544 g/mol. The second-order valence-corrected chi connectivity index (χ2v) is 6.80. The molecule has 0 unspecified atom stereocenters. The minimum absolute atomic E-state index is 0.0305. The highest BCUT2D eigenvalue weighted by molar-refractivity contribution is 14.1. The summed E-state index contributed by atoms with van der Waals surface area (Å²) < 4.78 is 173. The van der Waals surface area contributed by atoms with Crippen LogP contribution in [0.3, 0.4) is 0 Å². The van der Waals surface area contributed by atoms with E-state index in [1.807, 2.05) is 0 Å². The van der Waals surface area contributed by atoms with E-state index in [2.05, 4.69) is 4.74 Å². The second kappa shape index (κ2) is 7.23. The van der Waals surface area contributed by atoms with Gasteiger partial charge in [0.2, 0.25) is 0 Å². The second-order valence-electron chi connectivity index (χ2n) is 5.92. The summed E-state index contributed by atoms with van der Waals surface area (Å²) in [7, 11) is 0. The van der Waals surface area contributed by atoms with Gasteiger partial charge in [0.1, 0.15) is 0 Å². The van der Waals surface area contributed by atoms with E-state index in [9.17, 15) is 57.1 Å². The molecular weight excluding hydrogens is 534 g/mol. The van der Waals surface area contributed by atoms with Crippen LogP contribution in [0.1, 0.15) is 6.42 Å². The summed E-state index contributed by atoms with van der Waals surface area (Å²) >= 11 is 1.62. The number of hydrogen-bond acceptors (Lipinski definition) is 1. The molecule has 15 heteroatoms. The number of rotatable bonds is 7. The summed E-state index contributed by atoms with van der Waals surface area (Å²) in [5.41, 5.74) is 0. The summed E-state index contributed by atoms with van der Waals surface area (Å²) in [6, 6.07) is 0. The maximum Gasteiger partial charge on any atom is 0.460 e. The molecule has 0 N–H and O–H groups in total. The molecule has 1 nitrogen and oxygen atoms in total. The van der Waals surface area contributed by atoms with Gasteiger partial charge < -0.3 is 4.74 Å². The Hall–Kier alpha value is -0.220. The van der Waals surface area contributed by atoms with Gasteiger partial charge in [-0.15, -0.1) is 0 Å². The molecule has 0 spiro atoms. The maximum absolute atomic E-state index is 13.7. The smallest absolute Gasteiger partial charge is 0.381 e. The monoisotopic (exact) mass is 544 g/mol. The average Bonchev–Trinajstić information content (AvgIpc) is 2.91. The molecule has 0 aromatic rings. The first-order valence-electron chi connectivity index (χ1n) is 6.87. The van der Waals surface area contributed by atoms with Crippen LogP contribution in [0.25, 0.3) is 0 Å². The molecule has 1 saturated heterocycles. The largest absolute Gasteiger partial charge is 0.460 e. The van der Waals surface area contributed by atoms with Gasteiger partial charge in [0, 0.05) is 17.5 Å². The van der Waals surface area contributed by atoms with Crippen molar-refractivity contribution < 1.29 is 61.8 Å². The van der Waals surface area contributed by atoms with Gasteiger partial charge in [0.05, 0.1) is 6.61 Å². The van der Waals surface area contributed by atoms with Crippen molar-refractivity contribution >= 4 is 22.6 Å². The van der Waals surface area contributed by atoms with Gasteiger partial charge in [0.15, 0.2) is 0 Å². The van der Waals surface area contributed by atoms with Crippen molar-refractivity contribution in [2.24, 2.45) is 11.8 Å². The Bertz CT molecular complexity index is 530. The van der Waals surface area contributed by atoms with E-state index >= 15 is 0 Å². The van der Waals surface area contributed by atoms with Crippen LogP contribution in [0.15, 0.2) is 0 Å². The van der Waals surface area contributed by atoms with Crippen LogP contribution in [0.2, 0.25) is 0 Å². The van der Waals surface area contributed by atoms with Crippen molar-refractivity contribution in [3.05, 3.63) is 0 Å². The molecule has 1 fully saturated rings. The minimum Gasteiger partial charge on any atom is -0.381 e. The first-order valence-corrected chi connectivity index (χ1v) is 8.40. The van der Waals surface area contributed by atoms with Gasteiger partial charge in [-0.05, 0) is 11.8 Å². The summed E-state index contributed by atoms with van der Waals surface area (Å²) in [6.45, 7) is -0.853. The third-order valence-electron chi connectivity index (χ3n) is 4.05. The van der Waals surface area contributed by atoms with Crippen molar-refractivity contribution in [1.82, 2.24) is 0 Å². The minimum atomic E-state index is -7.85. The molecule has 0 aliphatic carbocycles. The van der Waals surface area contributed by atoms with Crippen molar-refractivity contribution in [3.63, 3.8) is 0 Å². The molecule has 1 aliphatic rings. The van der Waals surface area contributed by atoms with Gasteiger partial charge in [-0.1, -0.05) is 22.6 Å². The number of alkyl halides is 14. The molecule has 0 aromatic carbocycles. The van der Waals surface area contributed by atoms with Crippen molar-refractivity contribution in [3.8, 4) is 0 Å². The summed E-state index contributed by atoms with van der Waals surface area (Å²) in [5, 5.41) is 0. The van der Waals surface area contributed by atoms with Crippen LogP contribution in [0, 0.1) is 11.8 Å². The Balaban J connectivity index is 3.29. The summed E-state index contributed by atoms with van der Waals surface area (Å²) in [6.07, 6.45) is -9.56. The van der Waals surface area contributed by atoms with Crippen LogP contribution >= 0.6 is 22.6 Å². The predicted octanol–water partition coefficient (Wildman–Crippen LogP) is 5.81. The highest BCUT2D eigenvalue weighted by atomic mass is 127. The van der Waals surface area contributed by atoms with Gasteiger partial charge in [-0.25, -0.2) is 0 Å². The quantitative estimate of drug-likeness (QED) is 0.224. The zero-order valence-electron chi connectivity index (χ0n) is 12.7. The number of halogens is 14. The van der Waals surface area contributed by atoms with Crippen LogP contribution in [0.4, 0.5) is 57.1 Å². The van der Waals surface area contributed by atoms with Crippen LogP contribution in [0.5, 0.6) is 0 Å². The Morgan fingerprint density at radius 2 is 1.04 bits per heavy atom. The topological polar surface area (TPSA) is 9.23 Å². The van der Waals surface area contributed by atoms with Gasteiger partial charge in [-0.2, -0.15) is 57.1 Å². The Morgan fingerprint density at radius 3 is 1.44 bits per heavy atom. The lowest BCUT2D eigenvalue weighted by Gasteiger charge is -2.40. The molecule has 0 aromatic heterocycles. The number of ether oxygens (including phenoxy) is 1. The van der Waals surface area contributed by atoms with Crippen LogP contribution in [-0.2, 0) is 4.74 Å². The SMILES string of the molecule is FC(F)(F)C(F)(F)C(F)(F)C(F)(F)C(F)(F)C(F)(F)C[C@@H]1COC[C@@H]1CI. The fourth-order valence-corrected chi connectivity index (χ4v) is 3.27. The van der Waals surface area contributed by atoms with Crippen LogP contribution in [-0.4, -0.2) is 53.4 Å². The molecule has 162 valence electrons. The number of hydrogen-bond donors (Lipinski definition) is 0. The molecule has 1 heterocycles. The van der Waals surface area contributed by atoms with E-state index in [4.69, 9.17) is 0 Å². The van der Waals surface area contributed by atoms with Crippen molar-refractivity contribution in [2.45, 2.75) is 42.2 Å². The normalized spacial score (nSPS) is 23.8. The maximum atomic E-state index is 13.7. The Morgan fingerprint density at radius 1 is 0.630 bits per heavy atom. The molecule has 1 aliphatic heterocycles.